The van der Waals surface area contributed by atoms with Crippen LogP contribution in [0.5, 0.6) is 0 Å². The molecule has 0 aliphatic carbocycles. The van der Waals surface area contributed by atoms with Gasteiger partial charge in [-0.25, -0.2) is 0 Å². The largest absolute Gasteiger partial charge is 0.393 e. The highest BCUT2D eigenvalue weighted by Gasteiger charge is 2.05. The lowest BCUT2D eigenvalue weighted by atomic mass is 10.1. The maximum atomic E-state index is 9.16. The second kappa shape index (κ2) is 6.06. The fourth-order valence-corrected chi connectivity index (χ4v) is 1.82. The molecular weight excluding hydrogens is 198 g/mol. The molecule has 0 spiro atoms. The maximum Gasteiger partial charge on any atom is 0.0893 e. The van der Waals surface area contributed by atoms with E-state index in [0.717, 1.165) is 25.2 Å². The van der Waals surface area contributed by atoms with Crippen molar-refractivity contribution in [1.82, 2.24) is 14.9 Å². The summed E-state index contributed by atoms with van der Waals surface area (Å²) in [7, 11) is 0. The zero-order valence-corrected chi connectivity index (χ0v) is 9.42. The Kier molecular flexibility index (Phi) is 5.00. The van der Waals surface area contributed by atoms with Crippen LogP contribution in [0.3, 0.4) is 0 Å². The van der Waals surface area contributed by atoms with Crippen LogP contribution < -0.4 is 5.32 Å². The first-order chi connectivity index (χ1) is 6.68. The van der Waals surface area contributed by atoms with Gasteiger partial charge in [-0.2, -0.15) is 0 Å². The molecule has 5 heteroatoms. The van der Waals surface area contributed by atoms with Crippen LogP contribution in [-0.4, -0.2) is 27.3 Å². The second-order valence-electron chi connectivity index (χ2n) is 3.72. The molecule has 0 amide bonds. The molecular formula is C9H17N3OS. The molecule has 2 unspecified atom stereocenters. The number of hydrogen-bond donors (Lipinski definition) is 2. The minimum Gasteiger partial charge on any atom is -0.393 e. The molecule has 0 fully saturated rings. The van der Waals surface area contributed by atoms with Crippen LogP contribution >= 0.6 is 11.5 Å². The number of nitrogens with zero attached hydrogens (tertiary/aromatic N) is 2. The molecule has 0 aliphatic rings. The maximum absolute atomic E-state index is 9.16. The minimum absolute atomic E-state index is 0.215. The Morgan fingerprint density at radius 1 is 1.57 bits per heavy atom. The van der Waals surface area contributed by atoms with E-state index in [1.54, 1.807) is 0 Å². The summed E-state index contributed by atoms with van der Waals surface area (Å²) >= 11 is 1.37. The second-order valence-corrected chi connectivity index (χ2v) is 4.33. The molecule has 80 valence electrons. The SMILES string of the molecule is CC(O)CC(C)CNCc1csnn1. The van der Waals surface area contributed by atoms with Gasteiger partial charge in [0, 0.05) is 11.9 Å². The summed E-state index contributed by atoms with van der Waals surface area (Å²) in [6.45, 7) is 5.61. The van der Waals surface area contributed by atoms with E-state index in [1.807, 2.05) is 12.3 Å². The molecule has 1 aromatic heterocycles. The molecule has 0 radical (unpaired) electrons. The quantitative estimate of drug-likeness (QED) is 0.744. The third kappa shape index (κ3) is 4.64. The average molecular weight is 215 g/mol. The van der Waals surface area contributed by atoms with E-state index in [1.165, 1.54) is 11.5 Å². The fourth-order valence-electron chi connectivity index (χ4n) is 1.37. The van der Waals surface area contributed by atoms with E-state index in [-0.39, 0.29) is 6.10 Å². The van der Waals surface area contributed by atoms with Gasteiger partial charge in [-0.15, -0.1) is 5.10 Å². The molecule has 4 nitrogen and oxygen atoms in total. The van der Waals surface area contributed by atoms with Crippen molar-refractivity contribution in [3.63, 3.8) is 0 Å². The molecule has 1 heterocycles. The van der Waals surface area contributed by atoms with Crippen molar-refractivity contribution < 1.29 is 5.11 Å². The van der Waals surface area contributed by atoms with E-state index >= 15 is 0 Å². The summed E-state index contributed by atoms with van der Waals surface area (Å²) < 4.78 is 3.78. The number of aliphatic hydroxyl groups is 1. The van der Waals surface area contributed by atoms with Crippen LogP contribution in [0.4, 0.5) is 0 Å². The number of hydrogen-bond acceptors (Lipinski definition) is 5. The standard InChI is InChI=1S/C9H17N3OS/c1-7(3-8(2)13)4-10-5-9-6-14-12-11-9/h6-8,10,13H,3-5H2,1-2H3. The molecule has 0 bridgehead atoms. The van der Waals surface area contributed by atoms with Crippen molar-refractivity contribution in [3.8, 4) is 0 Å². The molecule has 2 atom stereocenters. The Hall–Kier alpha value is -0.520. The van der Waals surface area contributed by atoms with Crippen molar-refractivity contribution in [1.29, 1.82) is 0 Å². The van der Waals surface area contributed by atoms with Crippen LogP contribution in [0.2, 0.25) is 0 Å². The third-order valence-corrected chi connectivity index (χ3v) is 2.50. The molecule has 0 saturated carbocycles. The lowest BCUT2D eigenvalue weighted by molar-refractivity contribution is 0.163. The highest BCUT2D eigenvalue weighted by atomic mass is 32.1. The molecule has 1 rings (SSSR count). The van der Waals surface area contributed by atoms with Gasteiger partial charge in [-0.05, 0) is 37.3 Å². The molecule has 0 aromatic carbocycles. The van der Waals surface area contributed by atoms with E-state index in [4.69, 9.17) is 5.11 Å². The normalized spacial score (nSPS) is 15.4. The van der Waals surface area contributed by atoms with Crippen molar-refractivity contribution in [2.45, 2.75) is 32.9 Å². The Labute approximate surface area is 88.5 Å². The van der Waals surface area contributed by atoms with E-state index in [2.05, 4.69) is 21.8 Å². The summed E-state index contributed by atoms with van der Waals surface area (Å²) in [6.07, 6.45) is 0.621. The lowest BCUT2D eigenvalue weighted by Gasteiger charge is -2.13. The third-order valence-electron chi connectivity index (χ3n) is 1.95. The van der Waals surface area contributed by atoms with Crippen molar-refractivity contribution in [2.75, 3.05) is 6.54 Å². The zero-order chi connectivity index (χ0) is 10.4. The van der Waals surface area contributed by atoms with Gasteiger partial charge in [0.25, 0.3) is 0 Å². The van der Waals surface area contributed by atoms with Crippen molar-refractivity contribution in [3.05, 3.63) is 11.1 Å². The number of aliphatic hydroxyl groups excluding tert-OH is 1. The smallest absolute Gasteiger partial charge is 0.0893 e. The topological polar surface area (TPSA) is 58.0 Å². The van der Waals surface area contributed by atoms with Gasteiger partial charge >= 0.3 is 0 Å². The van der Waals surface area contributed by atoms with Crippen LogP contribution in [0.25, 0.3) is 0 Å². The van der Waals surface area contributed by atoms with Crippen LogP contribution in [0, 0.1) is 5.92 Å². The Morgan fingerprint density at radius 2 is 2.36 bits per heavy atom. The highest BCUT2D eigenvalue weighted by molar-refractivity contribution is 7.03. The summed E-state index contributed by atoms with van der Waals surface area (Å²) in [5.74, 6) is 0.488. The first kappa shape index (κ1) is 11.6. The Balaban J connectivity index is 2.09. The highest BCUT2D eigenvalue weighted by Crippen LogP contribution is 2.04. The van der Waals surface area contributed by atoms with Gasteiger partial charge in [-0.1, -0.05) is 11.4 Å². The van der Waals surface area contributed by atoms with Crippen LogP contribution in [0.1, 0.15) is 26.0 Å². The average Bonchev–Trinajstić information content (AvgIpc) is 2.55. The summed E-state index contributed by atoms with van der Waals surface area (Å²) in [6, 6.07) is 0. The van der Waals surface area contributed by atoms with Crippen LogP contribution in [0.15, 0.2) is 5.38 Å². The summed E-state index contributed by atoms with van der Waals surface area (Å²) in [5, 5.41) is 18.3. The van der Waals surface area contributed by atoms with Gasteiger partial charge in [0.05, 0.1) is 11.8 Å². The van der Waals surface area contributed by atoms with E-state index in [9.17, 15) is 0 Å². The van der Waals surface area contributed by atoms with Gasteiger partial charge in [-0.3, -0.25) is 0 Å². The zero-order valence-electron chi connectivity index (χ0n) is 8.60. The van der Waals surface area contributed by atoms with Gasteiger partial charge < -0.3 is 10.4 Å². The predicted molar refractivity (Wildman–Crippen MR) is 57.1 cm³/mol. The van der Waals surface area contributed by atoms with Crippen molar-refractivity contribution in [2.24, 2.45) is 5.92 Å². The van der Waals surface area contributed by atoms with E-state index < -0.39 is 0 Å². The van der Waals surface area contributed by atoms with Gasteiger partial charge in [0.1, 0.15) is 0 Å². The fraction of sp³-hybridized carbons (Fsp3) is 0.778. The first-order valence-electron chi connectivity index (χ1n) is 4.83. The molecule has 0 saturated heterocycles. The first-order valence-corrected chi connectivity index (χ1v) is 5.67. The summed E-state index contributed by atoms with van der Waals surface area (Å²) in [4.78, 5) is 0. The number of rotatable bonds is 6. The monoisotopic (exact) mass is 215 g/mol. The minimum atomic E-state index is -0.215. The molecule has 0 aliphatic heterocycles. The Morgan fingerprint density at radius 3 is 2.93 bits per heavy atom. The lowest BCUT2D eigenvalue weighted by Crippen LogP contribution is -2.23. The van der Waals surface area contributed by atoms with E-state index in [0.29, 0.717) is 5.92 Å². The Bertz CT molecular complexity index is 238. The number of aromatic nitrogens is 2. The molecule has 2 N–H and O–H groups in total. The molecule has 14 heavy (non-hydrogen) atoms. The predicted octanol–water partition coefficient (Wildman–Crippen LogP) is 1.03. The molecule has 1 aromatic rings. The van der Waals surface area contributed by atoms with Gasteiger partial charge in [0.2, 0.25) is 0 Å². The van der Waals surface area contributed by atoms with Gasteiger partial charge in [0.15, 0.2) is 0 Å². The van der Waals surface area contributed by atoms with Crippen molar-refractivity contribution >= 4 is 11.5 Å². The number of nitrogens with one attached hydrogen (secondary N) is 1. The van der Waals surface area contributed by atoms with Crippen LogP contribution in [-0.2, 0) is 6.54 Å². The summed E-state index contributed by atoms with van der Waals surface area (Å²) in [5.41, 5.74) is 0.985.